The molecule has 0 aliphatic heterocycles. The Bertz CT molecular complexity index is 711. The van der Waals surface area contributed by atoms with Gasteiger partial charge in [-0.1, -0.05) is 26.0 Å². The van der Waals surface area contributed by atoms with Crippen molar-refractivity contribution in [1.82, 2.24) is 5.32 Å². The predicted molar refractivity (Wildman–Crippen MR) is 95.2 cm³/mol. The molecule has 0 aliphatic carbocycles. The molecule has 0 bridgehead atoms. The zero-order valence-electron chi connectivity index (χ0n) is 14.9. The molecule has 26 heavy (non-hydrogen) atoms. The molecule has 0 unspecified atom stereocenters. The van der Waals surface area contributed by atoms with Crippen LogP contribution in [0.4, 0.5) is 5.69 Å². The first-order valence-electron chi connectivity index (χ1n) is 8.16. The first-order valence-corrected chi connectivity index (χ1v) is 8.16. The van der Waals surface area contributed by atoms with E-state index >= 15 is 0 Å². The second-order valence-corrected chi connectivity index (χ2v) is 5.83. The molecule has 140 valence electrons. The lowest BCUT2D eigenvalue weighted by atomic mass is 10.0. The maximum atomic E-state index is 12.0. The number of amides is 1. The monoisotopic (exact) mass is 362 g/mol. The molecule has 0 fully saturated rings. The molecule has 1 atom stereocenters. The molecule has 1 amide bonds. The highest BCUT2D eigenvalue weighted by Gasteiger charge is 2.25. The average molecular weight is 362 g/mol. The van der Waals surface area contributed by atoms with Crippen LogP contribution >= 0.6 is 0 Å². The largest absolute Gasteiger partial charge is 0.464 e. The van der Waals surface area contributed by atoms with Gasteiger partial charge in [-0.25, -0.2) is 4.79 Å². The maximum Gasteiger partial charge on any atom is 0.328 e. The third-order valence-corrected chi connectivity index (χ3v) is 3.44. The molecule has 0 aromatic heterocycles. The molecule has 1 aromatic carbocycles. The molecule has 0 saturated carbocycles. The summed E-state index contributed by atoms with van der Waals surface area (Å²) in [6.45, 7) is 5.35. The van der Waals surface area contributed by atoms with Crippen LogP contribution in [0.5, 0.6) is 0 Å². The number of esters is 1. The van der Waals surface area contributed by atoms with E-state index in [2.05, 4.69) is 5.32 Å². The highest BCUT2D eigenvalue weighted by molar-refractivity contribution is 6.06. The summed E-state index contributed by atoms with van der Waals surface area (Å²) < 4.78 is 4.90. The van der Waals surface area contributed by atoms with Crippen molar-refractivity contribution >= 4 is 29.4 Å². The lowest BCUT2D eigenvalue weighted by Gasteiger charge is -2.20. The number of para-hydroxylation sites is 1. The number of nitrogens with zero attached hydrogens (tertiary/aromatic N) is 1. The molecule has 1 aromatic rings. The summed E-state index contributed by atoms with van der Waals surface area (Å²) in [5.74, 6) is -1.91. The SMILES string of the molecule is CCOC(=O)[C@@H](NC(=O)CC(=O)C=Cc1ccccc1[N+](=O)[O-])C(C)C. The molecule has 0 heterocycles. The number of allylic oxidation sites excluding steroid dienone is 1. The molecule has 8 heteroatoms. The van der Waals surface area contributed by atoms with Crippen LogP contribution in [0, 0.1) is 16.0 Å². The third-order valence-electron chi connectivity index (χ3n) is 3.44. The van der Waals surface area contributed by atoms with Crippen molar-refractivity contribution in [2.75, 3.05) is 6.61 Å². The Morgan fingerprint density at radius 2 is 1.92 bits per heavy atom. The number of ketones is 1. The zero-order valence-corrected chi connectivity index (χ0v) is 14.9. The number of rotatable bonds is 9. The number of carbonyl (C=O) groups is 3. The topological polar surface area (TPSA) is 116 Å². The number of nitro benzene ring substituents is 1. The van der Waals surface area contributed by atoms with Crippen LogP contribution in [0.1, 0.15) is 32.8 Å². The van der Waals surface area contributed by atoms with Gasteiger partial charge >= 0.3 is 5.97 Å². The van der Waals surface area contributed by atoms with E-state index in [0.29, 0.717) is 0 Å². The van der Waals surface area contributed by atoms with Gasteiger partial charge in [-0.15, -0.1) is 0 Å². The fourth-order valence-electron chi connectivity index (χ4n) is 2.15. The van der Waals surface area contributed by atoms with Gasteiger partial charge in [0.2, 0.25) is 5.91 Å². The molecule has 0 saturated heterocycles. The Morgan fingerprint density at radius 1 is 1.27 bits per heavy atom. The number of nitro groups is 1. The fraction of sp³-hybridized carbons (Fsp3) is 0.389. The molecule has 1 rings (SSSR count). The van der Waals surface area contributed by atoms with Crippen LogP contribution in [0.15, 0.2) is 30.3 Å². The highest BCUT2D eigenvalue weighted by atomic mass is 16.6. The minimum Gasteiger partial charge on any atom is -0.464 e. The van der Waals surface area contributed by atoms with Crippen LogP contribution < -0.4 is 5.32 Å². The molecule has 0 radical (unpaired) electrons. The quantitative estimate of drug-likeness (QED) is 0.237. The van der Waals surface area contributed by atoms with Crippen molar-refractivity contribution in [3.8, 4) is 0 Å². The lowest BCUT2D eigenvalue weighted by Crippen LogP contribution is -2.45. The zero-order chi connectivity index (χ0) is 19.7. The molecular weight excluding hydrogens is 340 g/mol. The maximum absolute atomic E-state index is 12.0. The van der Waals surface area contributed by atoms with Crippen LogP contribution in [-0.2, 0) is 19.1 Å². The van der Waals surface area contributed by atoms with Crippen molar-refractivity contribution in [3.05, 3.63) is 46.0 Å². The van der Waals surface area contributed by atoms with Gasteiger partial charge in [0.05, 0.1) is 23.5 Å². The van der Waals surface area contributed by atoms with E-state index in [9.17, 15) is 24.5 Å². The van der Waals surface area contributed by atoms with Gasteiger partial charge in [0.15, 0.2) is 5.78 Å². The lowest BCUT2D eigenvalue weighted by molar-refractivity contribution is -0.385. The number of nitrogens with one attached hydrogen (secondary N) is 1. The normalized spacial score (nSPS) is 12.0. The van der Waals surface area contributed by atoms with Crippen molar-refractivity contribution in [1.29, 1.82) is 0 Å². The van der Waals surface area contributed by atoms with Gasteiger partial charge < -0.3 is 10.1 Å². The Morgan fingerprint density at radius 3 is 2.50 bits per heavy atom. The van der Waals surface area contributed by atoms with Gasteiger partial charge in [-0.3, -0.25) is 19.7 Å². The number of ether oxygens (including phenoxy) is 1. The third kappa shape index (κ3) is 6.46. The van der Waals surface area contributed by atoms with E-state index in [4.69, 9.17) is 4.74 Å². The van der Waals surface area contributed by atoms with Crippen LogP contribution in [0.3, 0.4) is 0 Å². The van der Waals surface area contributed by atoms with Crippen molar-refractivity contribution in [2.45, 2.75) is 33.2 Å². The number of carbonyl (C=O) groups excluding carboxylic acids is 3. The van der Waals surface area contributed by atoms with Gasteiger partial charge in [-0.05, 0) is 31.1 Å². The summed E-state index contributed by atoms with van der Waals surface area (Å²) in [5.41, 5.74) is 0.126. The summed E-state index contributed by atoms with van der Waals surface area (Å²) in [5, 5.41) is 13.4. The standard InChI is InChI=1S/C18H22N2O6/c1-4-26-18(23)17(12(2)3)19-16(22)11-14(21)10-9-13-7-5-6-8-15(13)20(24)25/h5-10,12,17H,4,11H2,1-3H3,(H,19,22)/t17-/m0/s1. The first-order chi connectivity index (χ1) is 12.3. The predicted octanol–water partition coefficient (Wildman–Crippen LogP) is 2.27. The average Bonchev–Trinajstić information content (AvgIpc) is 2.57. The van der Waals surface area contributed by atoms with E-state index in [1.54, 1.807) is 26.8 Å². The second-order valence-electron chi connectivity index (χ2n) is 5.83. The molecule has 8 nitrogen and oxygen atoms in total. The molecular formula is C18H22N2O6. The Hall–Kier alpha value is -3.03. The summed E-state index contributed by atoms with van der Waals surface area (Å²) in [6.07, 6.45) is 1.93. The van der Waals surface area contributed by atoms with E-state index < -0.39 is 35.0 Å². The molecule has 0 aliphatic rings. The Kier molecular flexibility index (Phi) is 8.14. The van der Waals surface area contributed by atoms with Crippen LogP contribution in [-0.4, -0.2) is 35.2 Å². The molecule has 1 N–H and O–H groups in total. The second kappa shape index (κ2) is 10.1. The minimum atomic E-state index is -0.838. The summed E-state index contributed by atoms with van der Waals surface area (Å²) in [4.78, 5) is 46.1. The fourth-order valence-corrected chi connectivity index (χ4v) is 2.15. The first kappa shape index (κ1) is 21.0. The van der Waals surface area contributed by atoms with E-state index in [0.717, 1.165) is 6.08 Å². The van der Waals surface area contributed by atoms with Crippen LogP contribution in [0.2, 0.25) is 0 Å². The summed E-state index contributed by atoms with van der Waals surface area (Å²) in [7, 11) is 0. The van der Waals surface area contributed by atoms with E-state index in [-0.39, 0.29) is 23.8 Å². The number of benzene rings is 1. The molecule has 0 spiro atoms. The number of hydrogen-bond donors (Lipinski definition) is 1. The van der Waals surface area contributed by atoms with Gasteiger partial charge in [0.1, 0.15) is 6.04 Å². The number of hydrogen-bond acceptors (Lipinski definition) is 6. The van der Waals surface area contributed by atoms with Gasteiger partial charge in [-0.2, -0.15) is 0 Å². The highest BCUT2D eigenvalue weighted by Crippen LogP contribution is 2.19. The van der Waals surface area contributed by atoms with Gasteiger partial charge in [0, 0.05) is 6.07 Å². The van der Waals surface area contributed by atoms with Crippen LogP contribution in [0.25, 0.3) is 6.08 Å². The van der Waals surface area contributed by atoms with Crippen molar-refractivity contribution in [3.63, 3.8) is 0 Å². The minimum absolute atomic E-state index is 0.136. The van der Waals surface area contributed by atoms with E-state index in [1.165, 1.54) is 24.3 Å². The summed E-state index contributed by atoms with van der Waals surface area (Å²) in [6, 6.07) is 5.11. The Labute approximate surface area is 151 Å². The smallest absolute Gasteiger partial charge is 0.328 e. The Balaban J connectivity index is 2.71. The van der Waals surface area contributed by atoms with E-state index in [1.807, 2.05) is 0 Å². The summed E-state index contributed by atoms with van der Waals surface area (Å²) >= 11 is 0. The van der Waals surface area contributed by atoms with Gasteiger partial charge in [0.25, 0.3) is 5.69 Å². The van der Waals surface area contributed by atoms with Crippen molar-refractivity contribution in [2.24, 2.45) is 5.92 Å². The van der Waals surface area contributed by atoms with Crippen molar-refractivity contribution < 1.29 is 24.0 Å².